The van der Waals surface area contributed by atoms with Crippen LogP contribution in [0, 0.1) is 11.3 Å². The van der Waals surface area contributed by atoms with E-state index in [-0.39, 0.29) is 5.91 Å². The molecular formula is C14H19N3O. The maximum atomic E-state index is 12.0. The average Bonchev–Trinajstić information content (AvgIpc) is 2.42. The van der Waals surface area contributed by atoms with Crippen molar-refractivity contribution in [1.82, 2.24) is 4.90 Å². The van der Waals surface area contributed by atoms with Gasteiger partial charge in [-0.25, -0.2) is 0 Å². The first-order valence-corrected chi connectivity index (χ1v) is 6.15. The highest BCUT2D eigenvalue weighted by Crippen LogP contribution is 2.11. The molecule has 96 valence electrons. The van der Waals surface area contributed by atoms with Crippen LogP contribution in [0.3, 0.4) is 0 Å². The molecule has 1 aromatic carbocycles. The van der Waals surface area contributed by atoms with Gasteiger partial charge in [0.2, 0.25) is 0 Å². The highest BCUT2D eigenvalue weighted by Gasteiger charge is 2.10. The van der Waals surface area contributed by atoms with Crippen molar-refractivity contribution in [1.29, 1.82) is 5.26 Å². The summed E-state index contributed by atoms with van der Waals surface area (Å²) in [6.45, 7) is 3.50. The number of amides is 1. The predicted molar refractivity (Wildman–Crippen MR) is 72.4 cm³/mol. The van der Waals surface area contributed by atoms with E-state index in [0.717, 1.165) is 18.7 Å². The summed E-state index contributed by atoms with van der Waals surface area (Å²) in [6, 6.07) is 9.46. The van der Waals surface area contributed by atoms with Gasteiger partial charge in [-0.1, -0.05) is 6.92 Å². The smallest absolute Gasteiger partial charge is 0.253 e. The minimum absolute atomic E-state index is 0.0488. The Hall–Kier alpha value is -2.02. The molecule has 0 saturated heterocycles. The van der Waals surface area contributed by atoms with Gasteiger partial charge in [-0.2, -0.15) is 5.26 Å². The summed E-state index contributed by atoms with van der Waals surface area (Å²) in [7, 11) is 1.71. The molecule has 1 aromatic rings. The lowest BCUT2D eigenvalue weighted by Crippen LogP contribution is -2.27. The zero-order valence-corrected chi connectivity index (χ0v) is 10.9. The molecular weight excluding hydrogens is 226 g/mol. The summed E-state index contributed by atoms with van der Waals surface area (Å²) in [5.41, 5.74) is 1.67. The van der Waals surface area contributed by atoms with Gasteiger partial charge in [0.15, 0.2) is 0 Å². The summed E-state index contributed by atoms with van der Waals surface area (Å²) in [5.74, 6) is -0.0488. The monoisotopic (exact) mass is 245 g/mol. The maximum absolute atomic E-state index is 12.0. The van der Waals surface area contributed by atoms with Gasteiger partial charge in [-0.15, -0.1) is 0 Å². The Morgan fingerprint density at radius 3 is 2.61 bits per heavy atom. The van der Waals surface area contributed by atoms with Crippen molar-refractivity contribution in [3.05, 3.63) is 29.8 Å². The number of benzene rings is 1. The number of nitrogens with one attached hydrogen (secondary N) is 1. The molecule has 0 saturated carbocycles. The second-order valence-corrected chi connectivity index (χ2v) is 4.14. The van der Waals surface area contributed by atoms with Crippen molar-refractivity contribution < 1.29 is 4.79 Å². The van der Waals surface area contributed by atoms with Crippen LogP contribution in [-0.4, -0.2) is 30.9 Å². The third-order valence-electron chi connectivity index (χ3n) is 2.62. The van der Waals surface area contributed by atoms with Crippen LogP contribution in [0.4, 0.5) is 5.69 Å². The van der Waals surface area contributed by atoms with E-state index in [0.29, 0.717) is 18.5 Å². The van der Waals surface area contributed by atoms with E-state index in [1.807, 2.05) is 30.3 Å². The van der Waals surface area contributed by atoms with Gasteiger partial charge in [-0.3, -0.25) is 4.79 Å². The van der Waals surface area contributed by atoms with Crippen molar-refractivity contribution >= 4 is 11.6 Å². The molecule has 4 nitrogen and oxygen atoms in total. The van der Waals surface area contributed by atoms with Crippen LogP contribution < -0.4 is 5.32 Å². The summed E-state index contributed by atoms with van der Waals surface area (Å²) in [6.07, 6.45) is 1.43. The molecule has 0 atom stereocenters. The Morgan fingerprint density at radius 1 is 1.39 bits per heavy atom. The number of hydrogen-bond acceptors (Lipinski definition) is 3. The van der Waals surface area contributed by atoms with E-state index in [1.54, 1.807) is 11.9 Å². The Labute approximate surface area is 108 Å². The number of carbonyl (C=O) groups excluding carboxylic acids is 1. The Kier molecular flexibility index (Phi) is 5.72. The fourth-order valence-electron chi connectivity index (χ4n) is 1.54. The molecule has 4 heteroatoms. The fourth-order valence-corrected chi connectivity index (χ4v) is 1.54. The second kappa shape index (κ2) is 7.33. The standard InChI is InChI=1S/C14H19N3O/c1-3-10-16-13-7-5-12(6-8-13)14(18)17(2)11-4-9-15/h5-8,16H,3-4,10-11H2,1-2H3. The van der Waals surface area contributed by atoms with Gasteiger partial charge in [0.1, 0.15) is 0 Å². The third kappa shape index (κ3) is 4.10. The molecule has 0 aliphatic carbocycles. The number of nitriles is 1. The van der Waals surface area contributed by atoms with E-state index < -0.39 is 0 Å². The molecule has 0 aliphatic rings. The molecule has 0 aliphatic heterocycles. The Morgan fingerprint density at radius 2 is 2.06 bits per heavy atom. The summed E-state index contributed by atoms with van der Waals surface area (Å²) in [4.78, 5) is 13.5. The van der Waals surface area contributed by atoms with Gasteiger partial charge in [0.05, 0.1) is 12.5 Å². The first kappa shape index (κ1) is 14.0. The predicted octanol–water partition coefficient (Wildman–Crippen LogP) is 2.49. The van der Waals surface area contributed by atoms with Crippen molar-refractivity contribution in [2.24, 2.45) is 0 Å². The lowest BCUT2D eigenvalue weighted by atomic mass is 10.2. The topological polar surface area (TPSA) is 56.1 Å². The second-order valence-electron chi connectivity index (χ2n) is 4.14. The van der Waals surface area contributed by atoms with E-state index in [9.17, 15) is 4.79 Å². The molecule has 1 N–H and O–H groups in total. The van der Waals surface area contributed by atoms with Gasteiger partial charge in [0, 0.05) is 31.4 Å². The van der Waals surface area contributed by atoms with Crippen LogP contribution >= 0.6 is 0 Å². The molecule has 18 heavy (non-hydrogen) atoms. The van der Waals surface area contributed by atoms with Crippen LogP contribution in [0.2, 0.25) is 0 Å². The van der Waals surface area contributed by atoms with Crippen LogP contribution in [0.15, 0.2) is 24.3 Å². The number of carbonyl (C=O) groups is 1. The minimum atomic E-state index is -0.0488. The number of anilines is 1. The molecule has 0 fully saturated rings. The third-order valence-corrected chi connectivity index (χ3v) is 2.62. The van der Waals surface area contributed by atoms with Crippen molar-refractivity contribution in [3.8, 4) is 6.07 Å². The van der Waals surface area contributed by atoms with Crippen molar-refractivity contribution in [2.45, 2.75) is 19.8 Å². The Balaban J connectivity index is 2.61. The van der Waals surface area contributed by atoms with Crippen LogP contribution in [0.1, 0.15) is 30.1 Å². The quantitative estimate of drug-likeness (QED) is 0.837. The fraction of sp³-hybridized carbons (Fsp3) is 0.429. The Bertz CT molecular complexity index is 420. The van der Waals surface area contributed by atoms with Gasteiger partial charge in [-0.05, 0) is 30.7 Å². The summed E-state index contributed by atoms with van der Waals surface area (Å²) < 4.78 is 0. The largest absolute Gasteiger partial charge is 0.385 e. The van der Waals surface area contributed by atoms with Crippen LogP contribution in [0.5, 0.6) is 0 Å². The molecule has 0 spiro atoms. The molecule has 1 amide bonds. The van der Waals surface area contributed by atoms with E-state index in [2.05, 4.69) is 12.2 Å². The molecule has 1 rings (SSSR count). The van der Waals surface area contributed by atoms with Gasteiger partial charge >= 0.3 is 0 Å². The summed E-state index contributed by atoms with van der Waals surface area (Å²) in [5, 5.41) is 11.7. The molecule has 0 radical (unpaired) electrons. The first-order chi connectivity index (χ1) is 8.69. The SMILES string of the molecule is CCCNc1ccc(C(=O)N(C)CCC#N)cc1. The van der Waals surface area contributed by atoms with Crippen molar-refractivity contribution in [2.75, 3.05) is 25.5 Å². The molecule has 0 unspecified atom stereocenters. The average molecular weight is 245 g/mol. The van der Waals surface area contributed by atoms with E-state index in [4.69, 9.17) is 5.26 Å². The maximum Gasteiger partial charge on any atom is 0.253 e. The highest BCUT2D eigenvalue weighted by atomic mass is 16.2. The van der Waals surface area contributed by atoms with Crippen molar-refractivity contribution in [3.63, 3.8) is 0 Å². The van der Waals surface area contributed by atoms with Crippen LogP contribution in [-0.2, 0) is 0 Å². The first-order valence-electron chi connectivity index (χ1n) is 6.15. The lowest BCUT2D eigenvalue weighted by Gasteiger charge is -2.15. The van der Waals surface area contributed by atoms with E-state index >= 15 is 0 Å². The van der Waals surface area contributed by atoms with Gasteiger partial charge < -0.3 is 10.2 Å². The highest BCUT2D eigenvalue weighted by molar-refractivity contribution is 5.94. The zero-order valence-electron chi connectivity index (χ0n) is 10.9. The molecule has 0 bridgehead atoms. The number of hydrogen-bond donors (Lipinski definition) is 1. The zero-order chi connectivity index (χ0) is 13.4. The summed E-state index contributed by atoms with van der Waals surface area (Å²) >= 11 is 0. The minimum Gasteiger partial charge on any atom is -0.385 e. The van der Waals surface area contributed by atoms with E-state index in [1.165, 1.54) is 0 Å². The lowest BCUT2D eigenvalue weighted by molar-refractivity contribution is 0.0798. The van der Waals surface area contributed by atoms with Gasteiger partial charge in [0.25, 0.3) is 5.91 Å². The number of rotatable bonds is 6. The van der Waals surface area contributed by atoms with Crippen LogP contribution in [0.25, 0.3) is 0 Å². The molecule has 0 aromatic heterocycles. The molecule has 0 heterocycles. The normalized spacial score (nSPS) is 9.61. The number of nitrogens with zero attached hydrogens (tertiary/aromatic N) is 2.